The summed E-state index contributed by atoms with van der Waals surface area (Å²) in [6.07, 6.45) is -4.24. The Kier molecular flexibility index (Phi) is 6.24. The van der Waals surface area contributed by atoms with E-state index in [9.17, 15) is 13.2 Å². The highest BCUT2D eigenvalue weighted by molar-refractivity contribution is 5.25. The van der Waals surface area contributed by atoms with Crippen LogP contribution in [0.15, 0.2) is 24.3 Å². The molecule has 4 heteroatoms. The fraction of sp³-hybridized carbons (Fsp3) is 0.538. The van der Waals surface area contributed by atoms with E-state index in [1.807, 2.05) is 20.8 Å². The maximum Gasteiger partial charge on any atom is 0.408 e. The molecule has 17 heavy (non-hydrogen) atoms. The fourth-order valence-corrected chi connectivity index (χ4v) is 1.53. The van der Waals surface area contributed by atoms with E-state index >= 15 is 0 Å². The van der Waals surface area contributed by atoms with Crippen molar-refractivity contribution in [3.8, 4) is 0 Å². The zero-order valence-electron chi connectivity index (χ0n) is 11.0. The third-order valence-electron chi connectivity index (χ3n) is 2.22. The molecule has 0 aromatic heterocycles. The third kappa shape index (κ3) is 4.77. The summed E-state index contributed by atoms with van der Waals surface area (Å²) in [6, 6.07) is 4.90. The lowest BCUT2D eigenvalue weighted by molar-refractivity contribution is -0.179. The molecule has 0 spiro atoms. The molecular formula is C13H20F3N. The van der Waals surface area contributed by atoms with Crippen LogP contribution in [-0.2, 0) is 0 Å². The van der Waals surface area contributed by atoms with Gasteiger partial charge in [0.1, 0.15) is 6.04 Å². The van der Waals surface area contributed by atoms with Gasteiger partial charge in [0, 0.05) is 0 Å². The van der Waals surface area contributed by atoms with E-state index in [-0.39, 0.29) is 5.56 Å². The smallest absolute Gasteiger partial charge is 0.295 e. The lowest BCUT2D eigenvalue weighted by Crippen LogP contribution is -2.33. The molecule has 1 atom stereocenters. The minimum Gasteiger partial charge on any atom is -0.295 e. The Labute approximate surface area is 101 Å². The summed E-state index contributed by atoms with van der Waals surface area (Å²) < 4.78 is 38.1. The molecule has 1 aromatic carbocycles. The second kappa shape index (κ2) is 6.64. The molecule has 0 bridgehead atoms. The van der Waals surface area contributed by atoms with E-state index in [4.69, 9.17) is 0 Å². The molecule has 0 saturated carbocycles. The van der Waals surface area contributed by atoms with Crippen LogP contribution in [-0.4, -0.2) is 25.2 Å². The molecule has 0 aliphatic heterocycles. The van der Waals surface area contributed by atoms with Crippen LogP contribution < -0.4 is 0 Å². The van der Waals surface area contributed by atoms with Crippen LogP contribution in [0, 0.1) is 6.92 Å². The van der Waals surface area contributed by atoms with Gasteiger partial charge in [0.2, 0.25) is 0 Å². The molecule has 1 unspecified atom stereocenters. The van der Waals surface area contributed by atoms with E-state index in [2.05, 4.69) is 0 Å². The highest BCUT2D eigenvalue weighted by atomic mass is 19.4. The third-order valence-corrected chi connectivity index (χ3v) is 2.22. The van der Waals surface area contributed by atoms with Crippen molar-refractivity contribution in [2.24, 2.45) is 0 Å². The van der Waals surface area contributed by atoms with Crippen LogP contribution in [0.3, 0.4) is 0 Å². The van der Waals surface area contributed by atoms with Crippen molar-refractivity contribution in [1.82, 2.24) is 4.90 Å². The number of halogens is 3. The predicted octanol–water partition coefficient (Wildman–Crippen LogP) is 4.19. The number of rotatable bonds is 2. The van der Waals surface area contributed by atoms with Gasteiger partial charge >= 0.3 is 6.18 Å². The van der Waals surface area contributed by atoms with Gasteiger partial charge in [-0.2, -0.15) is 13.2 Å². The summed E-state index contributed by atoms with van der Waals surface area (Å²) in [4.78, 5) is 1.17. The first-order valence-corrected chi connectivity index (χ1v) is 5.62. The van der Waals surface area contributed by atoms with Crippen molar-refractivity contribution in [3.63, 3.8) is 0 Å². The summed E-state index contributed by atoms with van der Waals surface area (Å²) in [5.41, 5.74) is 1.23. The summed E-state index contributed by atoms with van der Waals surface area (Å²) in [7, 11) is 2.86. The van der Waals surface area contributed by atoms with E-state index in [1.54, 1.807) is 12.1 Å². The Balaban J connectivity index is 0.00000121. The average Bonchev–Trinajstić information content (AvgIpc) is 2.22. The van der Waals surface area contributed by atoms with Gasteiger partial charge in [-0.25, -0.2) is 0 Å². The number of hydrogen-bond acceptors (Lipinski definition) is 1. The number of benzene rings is 1. The van der Waals surface area contributed by atoms with E-state index in [0.717, 1.165) is 5.56 Å². The van der Waals surface area contributed by atoms with Crippen molar-refractivity contribution in [2.45, 2.75) is 33.0 Å². The molecule has 0 heterocycles. The molecule has 0 saturated heterocycles. The van der Waals surface area contributed by atoms with Crippen molar-refractivity contribution in [2.75, 3.05) is 14.1 Å². The first kappa shape index (κ1) is 16.0. The predicted molar refractivity (Wildman–Crippen MR) is 65.0 cm³/mol. The highest BCUT2D eigenvalue weighted by Crippen LogP contribution is 2.36. The normalized spacial score (nSPS) is 13.0. The lowest BCUT2D eigenvalue weighted by Gasteiger charge is -2.27. The summed E-state index contributed by atoms with van der Waals surface area (Å²) >= 11 is 0. The maximum absolute atomic E-state index is 12.7. The van der Waals surface area contributed by atoms with Gasteiger partial charge in [-0.15, -0.1) is 0 Å². The molecule has 1 aromatic rings. The van der Waals surface area contributed by atoms with Crippen molar-refractivity contribution in [3.05, 3.63) is 35.4 Å². The van der Waals surface area contributed by atoms with Crippen molar-refractivity contribution < 1.29 is 13.2 Å². The Morgan fingerprint density at radius 2 is 1.41 bits per heavy atom. The van der Waals surface area contributed by atoms with Crippen LogP contribution in [0.25, 0.3) is 0 Å². The number of alkyl halides is 3. The van der Waals surface area contributed by atoms with Crippen LogP contribution in [0.5, 0.6) is 0 Å². The largest absolute Gasteiger partial charge is 0.408 e. The maximum atomic E-state index is 12.7. The van der Waals surface area contributed by atoms with Gasteiger partial charge in [-0.1, -0.05) is 43.7 Å². The quantitative estimate of drug-likeness (QED) is 0.757. The van der Waals surface area contributed by atoms with Gasteiger partial charge in [0.05, 0.1) is 0 Å². The topological polar surface area (TPSA) is 3.24 Å². The minimum absolute atomic E-state index is 0.276. The molecule has 0 N–H and O–H groups in total. The zero-order valence-corrected chi connectivity index (χ0v) is 11.0. The van der Waals surface area contributed by atoms with E-state index in [1.165, 1.54) is 31.1 Å². The molecule has 0 aliphatic carbocycles. The first-order valence-electron chi connectivity index (χ1n) is 5.62. The van der Waals surface area contributed by atoms with Gasteiger partial charge in [-0.3, -0.25) is 4.90 Å². The number of nitrogens with zero attached hydrogens (tertiary/aromatic N) is 1. The summed E-state index contributed by atoms with van der Waals surface area (Å²) in [5, 5.41) is 0. The van der Waals surface area contributed by atoms with Crippen LogP contribution >= 0.6 is 0 Å². The van der Waals surface area contributed by atoms with Gasteiger partial charge in [-0.05, 0) is 26.6 Å². The van der Waals surface area contributed by atoms with Gasteiger partial charge in [0.25, 0.3) is 0 Å². The van der Waals surface area contributed by atoms with Gasteiger partial charge in [0.15, 0.2) is 0 Å². The van der Waals surface area contributed by atoms with E-state index < -0.39 is 12.2 Å². The molecule has 0 aliphatic rings. The molecule has 0 radical (unpaired) electrons. The van der Waals surface area contributed by atoms with Crippen molar-refractivity contribution in [1.29, 1.82) is 0 Å². The fourth-order valence-electron chi connectivity index (χ4n) is 1.53. The Hall–Kier alpha value is -1.03. The zero-order chi connectivity index (χ0) is 13.6. The molecule has 1 nitrogen and oxygen atoms in total. The van der Waals surface area contributed by atoms with Gasteiger partial charge < -0.3 is 0 Å². The second-order valence-electron chi connectivity index (χ2n) is 3.82. The second-order valence-corrected chi connectivity index (χ2v) is 3.82. The Morgan fingerprint density at radius 3 is 1.71 bits per heavy atom. The Bertz CT molecular complexity index is 314. The molecule has 98 valence electrons. The molecule has 0 fully saturated rings. The number of hydrogen-bond donors (Lipinski definition) is 0. The lowest BCUT2D eigenvalue weighted by atomic mass is 10.0. The number of aryl methyl sites for hydroxylation is 1. The van der Waals surface area contributed by atoms with Crippen LogP contribution in [0.1, 0.15) is 31.0 Å². The van der Waals surface area contributed by atoms with Crippen LogP contribution in [0.4, 0.5) is 13.2 Å². The van der Waals surface area contributed by atoms with E-state index in [0.29, 0.717) is 0 Å². The molecule has 0 amide bonds. The molecular weight excluding hydrogens is 227 g/mol. The summed E-state index contributed by atoms with van der Waals surface area (Å²) in [5.74, 6) is 0. The monoisotopic (exact) mass is 247 g/mol. The first-order chi connectivity index (χ1) is 7.82. The Morgan fingerprint density at radius 1 is 1.00 bits per heavy atom. The molecule has 1 rings (SSSR count). The summed E-state index contributed by atoms with van der Waals surface area (Å²) in [6.45, 7) is 5.85. The SMILES string of the molecule is CC.Cc1ccc(C(N(C)C)C(F)(F)F)cc1. The van der Waals surface area contributed by atoms with Crippen LogP contribution in [0.2, 0.25) is 0 Å². The highest BCUT2D eigenvalue weighted by Gasteiger charge is 2.42. The average molecular weight is 247 g/mol. The minimum atomic E-state index is -4.24. The van der Waals surface area contributed by atoms with Crippen molar-refractivity contribution >= 4 is 0 Å². The standard InChI is InChI=1S/C11H14F3N.C2H6/c1-8-4-6-9(7-5-8)10(15(2)3)11(12,13)14;1-2/h4-7,10H,1-3H3;1-2H3.